The number of aromatic nitrogens is 3. The maximum atomic E-state index is 13.2. The van der Waals surface area contributed by atoms with E-state index >= 15 is 0 Å². The number of rotatable bonds is 23. The highest BCUT2D eigenvalue weighted by molar-refractivity contribution is 14.1. The molecule has 15 heteroatoms. The number of ether oxygens (including phenoxy) is 2. The van der Waals surface area contributed by atoms with E-state index in [1.807, 2.05) is 53.7 Å². The molecule has 1 aromatic heterocycles. The zero-order valence-corrected chi connectivity index (χ0v) is 58.4. The summed E-state index contributed by atoms with van der Waals surface area (Å²) < 4.78 is 28.4. The van der Waals surface area contributed by atoms with Gasteiger partial charge in [0.25, 0.3) is 16.6 Å². The normalized spacial score (nSPS) is 18.0. The maximum absolute atomic E-state index is 13.2. The van der Waals surface area contributed by atoms with Crippen molar-refractivity contribution in [3.05, 3.63) is 141 Å². The van der Waals surface area contributed by atoms with Crippen molar-refractivity contribution in [3.8, 4) is 12.3 Å². The third kappa shape index (κ3) is 20.5. The van der Waals surface area contributed by atoms with Crippen LogP contribution in [0.5, 0.6) is 0 Å². The van der Waals surface area contributed by atoms with Crippen molar-refractivity contribution in [2.75, 3.05) is 13.2 Å². The molecule has 0 radical (unpaired) electrons. The minimum Gasteiger partial charge on any atom is -0.460 e. The maximum Gasteiger partial charge on any atom is 0.307 e. The smallest absolute Gasteiger partial charge is 0.307 e. The summed E-state index contributed by atoms with van der Waals surface area (Å²) in [7, 11) is -5.29. The van der Waals surface area contributed by atoms with E-state index in [1.54, 1.807) is 0 Å². The summed E-state index contributed by atoms with van der Waals surface area (Å²) in [5.74, 6) is 4.99. The van der Waals surface area contributed by atoms with Gasteiger partial charge in [-0.3, -0.25) is 9.59 Å². The van der Waals surface area contributed by atoms with Crippen molar-refractivity contribution >= 4 is 71.9 Å². The van der Waals surface area contributed by atoms with E-state index in [-0.39, 0.29) is 46.7 Å². The van der Waals surface area contributed by atoms with E-state index in [9.17, 15) is 9.59 Å². The zero-order chi connectivity index (χ0) is 62.8. The molecule has 0 saturated heterocycles. The van der Waals surface area contributed by atoms with Gasteiger partial charge in [0.15, 0.2) is 0 Å². The molecule has 7 rings (SSSR count). The van der Waals surface area contributed by atoms with Gasteiger partial charge in [0, 0.05) is 36.0 Å². The first-order valence-corrected chi connectivity index (χ1v) is 35.9. The van der Waals surface area contributed by atoms with Crippen LogP contribution in [-0.2, 0) is 27.9 Å². The first kappa shape index (κ1) is 70.7. The van der Waals surface area contributed by atoms with Gasteiger partial charge in [-0.05, 0) is 176 Å². The molecule has 12 nitrogen and oxygen atoms in total. The van der Waals surface area contributed by atoms with Crippen LogP contribution in [0.1, 0.15) is 193 Å². The summed E-state index contributed by atoms with van der Waals surface area (Å²) in [5, 5.41) is 17.7. The summed E-state index contributed by atoms with van der Waals surface area (Å²) in [4.78, 5) is 28.2. The number of hydrogen-bond acceptors (Lipinski definition) is 9. The average Bonchev–Trinajstić information content (AvgIpc) is 1.65. The van der Waals surface area contributed by atoms with Crippen LogP contribution < -0.4 is 20.7 Å². The van der Waals surface area contributed by atoms with Gasteiger partial charge in [0.2, 0.25) is 0 Å². The van der Waals surface area contributed by atoms with Crippen molar-refractivity contribution in [2.45, 2.75) is 214 Å². The Kier molecular flexibility index (Phi) is 26.4. The molecule has 0 amide bonds. The van der Waals surface area contributed by atoms with E-state index in [4.69, 9.17) is 30.3 Å². The second-order valence-electron chi connectivity index (χ2n) is 28.4. The Morgan fingerprint density at radius 2 is 1.01 bits per heavy atom. The van der Waals surface area contributed by atoms with Crippen LogP contribution in [-0.4, -0.2) is 74.0 Å². The fourth-order valence-electron chi connectivity index (χ4n) is 12.2. The molecular formula is C70H101IN6O6Si2. The number of terminal acetylenes is 1. The average molecular weight is 1310 g/mol. The van der Waals surface area contributed by atoms with Gasteiger partial charge in [-0.1, -0.05) is 201 Å². The second-order valence-corrected chi connectivity index (χ2v) is 38.0. The van der Waals surface area contributed by atoms with E-state index in [0.29, 0.717) is 44.1 Å². The zero-order valence-electron chi connectivity index (χ0n) is 54.2. The molecule has 5 aromatic rings. The summed E-state index contributed by atoms with van der Waals surface area (Å²) in [6.07, 6.45) is 14.5. The minimum absolute atomic E-state index is 0.0908. The lowest BCUT2D eigenvalue weighted by molar-refractivity contribution is -0.156. The Hall–Kier alpha value is -5.09. The molecule has 2 aliphatic rings. The molecule has 2 saturated carbocycles. The topological polar surface area (TPSA) is 151 Å². The van der Waals surface area contributed by atoms with Crippen molar-refractivity contribution < 1.29 is 27.9 Å². The molecule has 2 atom stereocenters. The number of hydrogen-bond donors (Lipinski definition) is 0. The van der Waals surface area contributed by atoms with Crippen LogP contribution in [0.15, 0.2) is 126 Å². The Balaban J connectivity index is 0.000000272. The third-order valence-electron chi connectivity index (χ3n) is 15.9. The molecule has 0 aliphatic heterocycles. The van der Waals surface area contributed by atoms with Gasteiger partial charge in [-0.15, -0.1) is 17.4 Å². The van der Waals surface area contributed by atoms with Gasteiger partial charge < -0.3 is 18.3 Å². The SMILES string of the molecule is C#CC(CCO[Si](c1ccccc1)(c1ccccc1)C(C)(C)C)CC(=O)OC(C)(C)C.CC(C)CC1CC(N=[N+]=[N-])C1.CC(C)CC1CC(n2nnc(C(CCO[Si](c3ccccc3)(c3ccccc3)C(C)(C)C)CC(=O)OC(C)(C)C)c2I)C1. The summed E-state index contributed by atoms with van der Waals surface area (Å²) in [6.45, 7) is 35.0. The van der Waals surface area contributed by atoms with Crippen molar-refractivity contribution in [1.82, 2.24) is 15.0 Å². The number of benzene rings is 4. The Morgan fingerprint density at radius 1 is 0.635 bits per heavy atom. The standard InChI is InChI=1S/C35H50IN3O3Si.C27H36O3Si.C8H15N3/c1-25(2)21-26-22-28(23-26)39-33(36)32(37-38-39)27(24-31(40)42-34(3,4)5)19-20-41-43(35(6,7)8,29-15-11-9-12-16-29)30-17-13-10-14-18-30;1-8-22(21-25(28)30-26(2,3)4)19-20-29-31(27(5,6)7,23-15-11-9-12-16-23)24-17-13-10-14-18-24;1-6(2)3-7-4-8(5-7)10-11-9/h9-18,25-28H,19-24H2,1-8H3;1,9-18,22H,19-21H2,2-7H3;6-8H,3-5H2,1-2H3. The highest BCUT2D eigenvalue weighted by Crippen LogP contribution is 2.44. The van der Waals surface area contributed by atoms with Gasteiger partial charge in [0.05, 0.1) is 24.6 Å². The Bertz CT molecular complexity index is 2830. The van der Waals surface area contributed by atoms with Gasteiger partial charge >= 0.3 is 11.9 Å². The van der Waals surface area contributed by atoms with Crippen molar-refractivity contribution in [2.24, 2.45) is 34.7 Å². The van der Waals surface area contributed by atoms with Gasteiger partial charge in [-0.25, -0.2) is 4.68 Å². The molecule has 85 heavy (non-hydrogen) atoms. The van der Waals surface area contributed by atoms with E-state index in [1.165, 1.54) is 33.6 Å². The van der Waals surface area contributed by atoms with Crippen LogP contribution in [0.3, 0.4) is 0 Å². The highest BCUT2D eigenvalue weighted by Gasteiger charge is 2.51. The number of esters is 2. The number of halogens is 1. The van der Waals surface area contributed by atoms with E-state index in [2.05, 4.69) is 232 Å². The molecule has 0 bridgehead atoms. The minimum atomic E-state index is -2.70. The number of azide groups is 1. The van der Waals surface area contributed by atoms with Gasteiger partial charge in [0.1, 0.15) is 14.9 Å². The summed E-state index contributed by atoms with van der Waals surface area (Å²) >= 11 is 2.38. The molecule has 0 N–H and O–H groups in total. The lowest BCUT2D eigenvalue weighted by Gasteiger charge is -2.43. The van der Waals surface area contributed by atoms with E-state index in [0.717, 1.165) is 52.8 Å². The molecular weight excluding hydrogens is 1200 g/mol. The molecule has 2 aliphatic carbocycles. The molecule has 4 aromatic carbocycles. The number of nitrogens with zero attached hydrogens (tertiary/aromatic N) is 6. The van der Waals surface area contributed by atoms with Crippen LogP contribution in [0.25, 0.3) is 10.4 Å². The summed E-state index contributed by atoms with van der Waals surface area (Å²) in [6, 6.07) is 43.1. The van der Waals surface area contributed by atoms with Gasteiger partial charge in [-0.2, -0.15) is 0 Å². The molecule has 2 unspecified atom stereocenters. The molecule has 462 valence electrons. The second kappa shape index (κ2) is 31.7. The van der Waals surface area contributed by atoms with Crippen LogP contribution in [0, 0.1) is 45.6 Å². The largest absolute Gasteiger partial charge is 0.460 e. The lowest BCUT2D eigenvalue weighted by Crippen LogP contribution is -2.66. The van der Waals surface area contributed by atoms with Crippen molar-refractivity contribution in [1.29, 1.82) is 0 Å². The Morgan fingerprint density at radius 3 is 1.36 bits per heavy atom. The molecule has 2 fully saturated rings. The highest BCUT2D eigenvalue weighted by atomic mass is 127. The first-order valence-electron chi connectivity index (χ1n) is 31.0. The predicted octanol–water partition coefficient (Wildman–Crippen LogP) is 15.7. The Labute approximate surface area is 527 Å². The fourth-order valence-corrected chi connectivity index (χ4v) is 22.4. The van der Waals surface area contributed by atoms with Crippen LogP contribution in [0.4, 0.5) is 0 Å². The quantitative estimate of drug-likeness (QED) is 0.0119. The molecule has 1 heterocycles. The van der Waals surface area contributed by atoms with Crippen LogP contribution >= 0.6 is 22.6 Å². The summed E-state index contributed by atoms with van der Waals surface area (Å²) in [5.41, 5.74) is 7.95. The number of carbonyl (C=O) groups excluding carboxylic acids is 2. The lowest BCUT2D eigenvalue weighted by atomic mass is 9.76. The predicted molar refractivity (Wildman–Crippen MR) is 361 cm³/mol. The molecule has 0 spiro atoms. The third-order valence-corrected chi connectivity index (χ3v) is 27.1. The first-order chi connectivity index (χ1) is 39.9. The van der Waals surface area contributed by atoms with Crippen molar-refractivity contribution in [3.63, 3.8) is 0 Å². The van der Waals surface area contributed by atoms with E-state index < -0.39 is 27.8 Å². The fraction of sp³-hybridized carbons (Fsp3) is 0.571. The number of carbonyl (C=O) groups is 2. The van der Waals surface area contributed by atoms with Crippen LogP contribution in [0.2, 0.25) is 10.1 Å². The monoisotopic (exact) mass is 1300 g/mol.